The molecule has 25 heavy (non-hydrogen) atoms. The Hall–Kier alpha value is -1.45. The van der Waals surface area contributed by atoms with Gasteiger partial charge in [0.05, 0.1) is 24.0 Å². The molecule has 3 rings (SSSR count). The van der Waals surface area contributed by atoms with Crippen LogP contribution in [-0.4, -0.2) is 84.0 Å². The number of amides is 1. The number of aromatic nitrogens is 2. The summed E-state index contributed by atoms with van der Waals surface area (Å²) in [4.78, 5) is 21.7. The van der Waals surface area contributed by atoms with E-state index in [-0.39, 0.29) is 11.9 Å². The van der Waals surface area contributed by atoms with Crippen LogP contribution in [0.25, 0.3) is 0 Å². The Morgan fingerprint density at radius 1 is 1.20 bits per heavy atom. The van der Waals surface area contributed by atoms with Gasteiger partial charge in [0, 0.05) is 45.2 Å². The highest BCUT2D eigenvalue weighted by molar-refractivity contribution is 7.88. The van der Waals surface area contributed by atoms with E-state index < -0.39 is 16.1 Å². The maximum Gasteiger partial charge on any atom is 0.247 e. The third kappa shape index (κ3) is 3.45. The third-order valence-corrected chi connectivity index (χ3v) is 6.30. The topological polar surface area (TPSA) is 78.8 Å². The minimum absolute atomic E-state index is 0.110. The van der Waals surface area contributed by atoms with Gasteiger partial charge in [-0.05, 0) is 20.9 Å². The zero-order chi connectivity index (χ0) is 18.4. The molecule has 0 bridgehead atoms. The Bertz CT molecular complexity index is 750. The quantitative estimate of drug-likeness (QED) is 0.755. The maximum absolute atomic E-state index is 13.3. The SMILES string of the molecule is CC(C)n1cnc2c1C(C(=O)N1CCN(C)CC1)N(S(C)(=O)=O)CC2. The van der Waals surface area contributed by atoms with Crippen molar-refractivity contribution in [1.29, 1.82) is 0 Å². The molecule has 1 atom stereocenters. The van der Waals surface area contributed by atoms with Crippen molar-refractivity contribution < 1.29 is 13.2 Å². The van der Waals surface area contributed by atoms with Crippen LogP contribution in [0.15, 0.2) is 6.33 Å². The highest BCUT2D eigenvalue weighted by Crippen LogP contribution is 2.34. The summed E-state index contributed by atoms with van der Waals surface area (Å²) in [5.41, 5.74) is 1.57. The number of piperazine rings is 1. The Balaban J connectivity index is 2.03. The second kappa shape index (κ2) is 6.69. The van der Waals surface area contributed by atoms with Gasteiger partial charge in [0.15, 0.2) is 0 Å². The van der Waals surface area contributed by atoms with Crippen LogP contribution in [0.1, 0.15) is 37.3 Å². The van der Waals surface area contributed by atoms with Gasteiger partial charge in [-0.15, -0.1) is 0 Å². The molecule has 0 aromatic carbocycles. The number of rotatable bonds is 3. The molecule has 1 unspecified atom stereocenters. The van der Waals surface area contributed by atoms with Gasteiger partial charge in [-0.1, -0.05) is 0 Å². The lowest BCUT2D eigenvalue weighted by Gasteiger charge is -2.39. The normalized spacial score (nSPS) is 23.1. The van der Waals surface area contributed by atoms with Crippen molar-refractivity contribution in [1.82, 2.24) is 23.7 Å². The highest BCUT2D eigenvalue weighted by Gasteiger charge is 2.43. The molecule has 140 valence electrons. The largest absolute Gasteiger partial charge is 0.338 e. The first kappa shape index (κ1) is 18.3. The van der Waals surface area contributed by atoms with Crippen molar-refractivity contribution in [3.05, 3.63) is 17.7 Å². The number of likely N-dealkylation sites (N-methyl/N-ethyl adjacent to an activating group) is 1. The second-order valence-electron chi connectivity index (χ2n) is 7.23. The molecule has 0 aliphatic carbocycles. The van der Waals surface area contributed by atoms with E-state index >= 15 is 0 Å². The number of hydrogen-bond acceptors (Lipinski definition) is 5. The summed E-state index contributed by atoms with van der Waals surface area (Å²) in [7, 11) is -1.47. The van der Waals surface area contributed by atoms with Gasteiger partial charge >= 0.3 is 0 Å². The first-order valence-electron chi connectivity index (χ1n) is 8.70. The number of nitrogens with zero attached hydrogens (tertiary/aromatic N) is 5. The van der Waals surface area contributed by atoms with E-state index in [1.807, 2.05) is 25.5 Å². The summed E-state index contributed by atoms with van der Waals surface area (Å²) < 4.78 is 28.0. The molecule has 1 fully saturated rings. The molecule has 2 aliphatic heterocycles. The van der Waals surface area contributed by atoms with E-state index in [4.69, 9.17) is 0 Å². The molecular weight excluding hydrogens is 342 g/mol. The van der Waals surface area contributed by atoms with Gasteiger partial charge in [0.2, 0.25) is 15.9 Å². The standard InChI is InChI=1S/C16H27N5O3S/c1-12(2)20-11-17-13-5-6-21(25(4,23)24)15(14(13)20)16(22)19-9-7-18(3)8-10-19/h11-12,15H,5-10H2,1-4H3. The van der Waals surface area contributed by atoms with Crippen molar-refractivity contribution in [3.63, 3.8) is 0 Å². The fourth-order valence-electron chi connectivity index (χ4n) is 3.59. The van der Waals surface area contributed by atoms with Crippen LogP contribution in [0.2, 0.25) is 0 Å². The highest BCUT2D eigenvalue weighted by atomic mass is 32.2. The molecule has 1 saturated heterocycles. The lowest BCUT2D eigenvalue weighted by atomic mass is 10.0. The molecule has 0 spiro atoms. The molecular formula is C16H27N5O3S. The molecule has 2 aliphatic rings. The molecule has 0 radical (unpaired) electrons. The minimum atomic E-state index is -3.50. The fourth-order valence-corrected chi connectivity index (χ4v) is 4.59. The number of carbonyl (C=O) groups excluding carboxylic acids is 1. The minimum Gasteiger partial charge on any atom is -0.338 e. The van der Waals surface area contributed by atoms with Gasteiger partial charge in [-0.3, -0.25) is 4.79 Å². The Labute approximate surface area is 149 Å². The first-order chi connectivity index (χ1) is 11.7. The van der Waals surface area contributed by atoms with E-state index in [1.54, 1.807) is 11.2 Å². The van der Waals surface area contributed by atoms with E-state index in [9.17, 15) is 13.2 Å². The summed E-state index contributed by atoms with van der Waals surface area (Å²) in [5, 5.41) is 0. The van der Waals surface area contributed by atoms with Crippen molar-refractivity contribution in [2.24, 2.45) is 0 Å². The van der Waals surface area contributed by atoms with Gasteiger partial charge in [0.25, 0.3) is 0 Å². The number of carbonyl (C=O) groups is 1. The predicted octanol–water partition coefficient (Wildman–Crippen LogP) is 0.0968. The number of fused-ring (bicyclic) bond motifs is 1. The Morgan fingerprint density at radius 2 is 1.84 bits per heavy atom. The summed E-state index contributed by atoms with van der Waals surface area (Å²) in [6, 6.07) is -0.703. The van der Waals surface area contributed by atoms with Crippen LogP contribution in [0.3, 0.4) is 0 Å². The van der Waals surface area contributed by atoms with Gasteiger partial charge in [0.1, 0.15) is 6.04 Å². The van der Waals surface area contributed by atoms with Crippen LogP contribution >= 0.6 is 0 Å². The van der Waals surface area contributed by atoms with E-state index in [1.165, 1.54) is 10.6 Å². The zero-order valence-corrected chi connectivity index (χ0v) is 16.2. The monoisotopic (exact) mass is 369 g/mol. The van der Waals surface area contributed by atoms with Crippen molar-refractivity contribution >= 4 is 15.9 Å². The fraction of sp³-hybridized carbons (Fsp3) is 0.750. The van der Waals surface area contributed by atoms with E-state index in [0.29, 0.717) is 26.1 Å². The molecule has 3 heterocycles. The lowest BCUT2D eigenvalue weighted by molar-refractivity contribution is -0.137. The number of sulfonamides is 1. The smallest absolute Gasteiger partial charge is 0.247 e. The van der Waals surface area contributed by atoms with Crippen LogP contribution in [-0.2, 0) is 21.2 Å². The summed E-state index contributed by atoms with van der Waals surface area (Å²) >= 11 is 0. The Kier molecular flexibility index (Phi) is 4.91. The van der Waals surface area contributed by atoms with Crippen LogP contribution in [0.5, 0.6) is 0 Å². The summed E-state index contributed by atoms with van der Waals surface area (Å²) in [6.07, 6.45) is 3.44. The molecule has 9 heteroatoms. The summed E-state index contributed by atoms with van der Waals surface area (Å²) in [6.45, 7) is 7.16. The van der Waals surface area contributed by atoms with Crippen molar-refractivity contribution in [2.75, 3.05) is 46.0 Å². The maximum atomic E-state index is 13.3. The van der Waals surface area contributed by atoms with E-state index in [2.05, 4.69) is 9.88 Å². The average Bonchev–Trinajstić information content (AvgIpc) is 2.97. The van der Waals surface area contributed by atoms with E-state index in [0.717, 1.165) is 24.5 Å². The van der Waals surface area contributed by atoms with Crippen LogP contribution in [0, 0.1) is 0 Å². The summed E-state index contributed by atoms with van der Waals surface area (Å²) in [5.74, 6) is -0.137. The molecule has 1 aromatic rings. The number of imidazole rings is 1. The molecule has 0 saturated carbocycles. The number of hydrogen-bond donors (Lipinski definition) is 0. The van der Waals surface area contributed by atoms with Crippen molar-refractivity contribution in [3.8, 4) is 0 Å². The van der Waals surface area contributed by atoms with Gasteiger partial charge in [-0.2, -0.15) is 4.31 Å². The predicted molar refractivity (Wildman–Crippen MR) is 94.7 cm³/mol. The molecule has 1 aromatic heterocycles. The van der Waals surface area contributed by atoms with Gasteiger partial charge in [-0.25, -0.2) is 13.4 Å². The van der Waals surface area contributed by atoms with Crippen LogP contribution in [0.4, 0.5) is 0 Å². The van der Waals surface area contributed by atoms with Crippen LogP contribution < -0.4 is 0 Å². The van der Waals surface area contributed by atoms with Gasteiger partial charge < -0.3 is 14.4 Å². The first-order valence-corrected chi connectivity index (χ1v) is 10.5. The molecule has 0 N–H and O–H groups in total. The zero-order valence-electron chi connectivity index (χ0n) is 15.3. The third-order valence-electron chi connectivity index (χ3n) is 5.06. The lowest BCUT2D eigenvalue weighted by Crippen LogP contribution is -2.53. The van der Waals surface area contributed by atoms with Crippen molar-refractivity contribution in [2.45, 2.75) is 32.4 Å². The molecule has 1 amide bonds. The second-order valence-corrected chi connectivity index (χ2v) is 9.17. The Morgan fingerprint density at radius 3 is 2.40 bits per heavy atom. The molecule has 8 nitrogen and oxygen atoms in total. The average molecular weight is 369 g/mol.